The first kappa shape index (κ1) is 24.6. The van der Waals surface area contributed by atoms with Crippen molar-refractivity contribution in [3.63, 3.8) is 0 Å². The van der Waals surface area contributed by atoms with Gasteiger partial charge in [0.2, 0.25) is 5.89 Å². The molecule has 2 heterocycles. The van der Waals surface area contributed by atoms with Gasteiger partial charge in [-0.25, -0.2) is 4.98 Å². The summed E-state index contributed by atoms with van der Waals surface area (Å²) in [6.45, 7) is 7.85. The molecule has 0 aliphatic carbocycles. The number of halogens is 1. The third-order valence-corrected chi connectivity index (χ3v) is 4.42. The highest BCUT2D eigenvalue weighted by Crippen LogP contribution is 2.22. The lowest BCUT2D eigenvalue weighted by atomic mass is 9.94. The summed E-state index contributed by atoms with van der Waals surface area (Å²) in [4.78, 5) is 12.8. The molecule has 0 unspecified atom stereocenters. The fourth-order valence-corrected chi connectivity index (χ4v) is 2.65. The van der Waals surface area contributed by atoms with Crippen LogP contribution in [0.25, 0.3) is 0 Å². The molecule has 0 amide bonds. The van der Waals surface area contributed by atoms with Gasteiger partial charge in [-0.05, 0) is 29.8 Å². The number of rotatable bonds is 7. The van der Waals surface area contributed by atoms with Gasteiger partial charge in [0.25, 0.3) is 0 Å². The Morgan fingerprint density at radius 3 is 2.39 bits per heavy atom. The van der Waals surface area contributed by atoms with E-state index in [2.05, 4.69) is 46.4 Å². The number of oxazole rings is 1. The molecule has 2 aromatic heterocycles. The molecular weight excluding hydrogens is 505 g/mol. The van der Waals surface area contributed by atoms with Gasteiger partial charge < -0.3 is 19.8 Å². The molecule has 31 heavy (non-hydrogen) atoms. The molecule has 0 aliphatic rings. The number of guanidine groups is 1. The number of nitrogens with one attached hydrogen (secondary N) is 2. The Balaban J connectivity index is 0.00000341. The first-order valence-electron chi connectivity index (χ1n) is 9.95. The minimum absolute atomic E-state index is 0. The molecule has 0 bridgehead atoms. The van der Waals surface area contributed by atoms with Crippen LogP contribution < -0.4 is 15.4 Å². The summed E-state index contributed by atoms with van der Waals surface area (Å²) in [5.74, 6) is 3.00. The zero-order valence-electron chi connectivity index (χ0n) is 18.4. The van der Waals surface area contributed by atoms with E-state index >= 15 is 0 Å². The number of hydrogen-bond acceptors (Lipinski definition) is 5. The van der Waals surface area contributed by atoms with Crippen molar-refractivity contribution in [3.05, 3.63) is 77.8 Å². The van der Waals surface area contributed by atoms with Gasteiger partial charge in [-0.2, -0.15) is 0 Å². The quantitative estimate of drug-likeness (QED) is 0.265. The number of aromatic nitrogens is 2. The molecule has 0 atom stereocenters. The summed E-state index contributed by atoms with van der Waals surface area (Å²) < 4.78 is 11.6. The molecule has 3 rings (SSSR count). The van der Waals surface area contributed by atoms with E-state index in [-0.39, 0.29) is 29.4 Å². The smallest absolute Gasteiger partial charge is 0.213 e. The molecule has 7 nitrogen and oxygen atoms in total. The molecule has 1 aromatic carbocycles. The normalized spacial score (nSPS) is 11.5. The van der Waals surface area contributed by atoms with Crippen LogP contribution in [0.2, 0.25) is 0 Å². The number of benzene rings is 1. The summed E-state index contributed by atoms with van der Waals surface area (Å²) in [5.41, 5.74) is 1.96. The van der Waals surface area contributed by atoms with Crippen molar-refractivity contribution in [1.82, 2.24) is 20.6 Å². The Bertz CT molecular complexity index is 950. The van der Waals surface area contributed by atoms with Gasteiger partial charge in [0.15, 0.2) is 5.96 Å². The molecule has 0 fully saturated rings. The van der Waals surface area contributed by atoms with Gasteiger partial charge in [-0.1, -0.05) is 39.0 Å². The number of ether oxygens (including phenoxy) is 1. The van der Waals surface area contributed by atoms with Gasteiger partial charge in [0.05, 0.1) is 18.4 Å². The minimum atomic E-state index is -0.0569. The Morgan fingerprint density at radius 1 is 1.03 bits per heavy atom. The van der Waals surface area contributed by atoms with E-state index in [0.29, 0.717) is 31.5 Å². The largest absolute Gasteiger partial charge is 0.487 e. The van der Waals surface area contributed by atoms with Gasteiger partial charge in [-0.15, -0.1) is 24.0 Å². The van der Waals surface area contributed by atoms with Crippen molar-refractivity contribution in [2.45, 2.75) is 45.9 Å². The van der Waals surface area contributed by atoms with E-state index < -0.39 is 0 Å². The van der Waals surface area contributed by atoms with Gasteiger partial charge in [0, 0.05) is 25.2 Å². The highest BCUT2D eigenvalue weighted by Gasteiger charge is 2.19. The predicted octanol–water partition coefficient (Wildman–Crippen LogP) is 4.43. The van der Waals surface area contributed by atoms with Crippen molar-refractivity contribution >= 4 is 29.9 Å². The standard InChI is InChI=1S/C23H29N5O2.HI/c1-23(2,3)20-14-26-21(30-20)15-28-22(24-4)27-13-17-8-10-19(11-9-17)29-16-18-7-5-6-12-25-18;/h5-12,14H,13,15-16H2,1-4H3,(H2,24,27,28);1H. The summed E-state index contributed by atoms with van der Waals surface area (Å²) in [5, 5.41) is 6.51. The monoisotopic (exact) mass is 535 g/mol. The van der Waals surface area contributed by atoms with Crippen molar-refractivity contribution < 1.29 is 9.15 Å². The third kappa shape index (κ3) is 7.86. The van der Waals surface area contributed by atoms with E-state index in [0.717, 1.165) is 22.8 Å². The Labute approximate surface area is 200 Å². The minimum Gasteiger partial charge on any atom is -0.487 e. The highest BCUT2D eigenvalue weighted by molar-refractivity contribution is 14.0. The van der Waals surface area contributed by atoms with Crippen molar-refractivity contribution in [1.29, 1.82) is 0 Å². The van der Waals surface area contributed by atoms with Crippen LogP contribution in [0.15, 0.2) is 64.3 Å². The van der Waals surface area contributed by atoms with Crippen LogP contribution in [0, 0.1) is 0 Å². The fraction of sp³-hybridized carbons (Fsp3) is 0.348. The van der Waals surface area contributed by atoms with Gasteiger partial charge >= 0.3 is 0 Å². The summed E-state index contributed by atoms with van der Waals surface area (Å²) in [6.07, 6.45) is 3.55. The van der Waals surface area contributed by atoms with Crippen molar-refractivity contribution in [3.8, 4) is 5.75 Å². The predicted molar refractivity (Wildman–Crippen MR) is 133 cm³/mol. The van der Waals surface area contributed by atoms with Crippen LogP contribution in [-0.4, -0.2) is 23.0 Å². The SMILES string of the molecule is CN=C(NCc1ccc(OCc2ccccn2)cc1)NCc1ncc(C(C)(C)C)o1.I. The Hall–Kier alpha value is -2.62. The van der Waals surface area contributed by atoms with Gasteiger partial charge in [-0.3, -0.25) is 9.98 Å². The van der Waals surface area contributed by atoms with Crippen molar-refractivity contribution in [2.24, 2.45) is 4.99 Å². The third-order valence-electron chi connectivity index (χ3n) is 4.42. The maximum Gasteiger partial charge on any atom is 0.213 e. The molecule has 0 saturated carbocycles. The average Bonchev–Trinajstić information content (AvgIpc) is 3.24. The zero-order valence-corrected chi connectivity index (χ0v) is 20.7. The molecule has 166 valence electrons. The molecule has 8 heteroatoms. The van der Waals surface area contributed by atoms with Gasteiger partial charge in [0.1, 0.15) is 18.1 Å². The Morgan fingerprint density at radius 2 is 1.77 bits per heavy atom. The topological polar surface area (TPSA) is 84.6 Å². The first-order chi connectivity index (χ1) is 14.4. The van der Waals surface area contributed by atoms with Crippen LogP contribution in [0.5, 0.6) is 5.75 Å². The zero-order chi connectivity index (χ0) is 21.4. The maximum absolute atomic E-state index is 5.80. The van der Waals surface area contributed by atoms with E-state index in [1.54, 1.807) is 19.4 Å². The van der Waals surface area contributed by atoms with E-state index in [4.69, 9.17) is 9.15 Å². The lowest BCUT2D eigenvalue weighted by molar-refractivity contribution is 0.301. The van der Waals surface area contributed by atoms with Crippen LogP contribution >= 0.6 is 24.0 Å². The van der Waals surface area contributed by atoms with Crippen molar-refractivity contribution in [2.75, 3.05) is 7.05 Å². The average molecular weight is 535 g/mol. The van der Waals surface area contributed by atoms with E-state index in [9.17, 15) is 0 Å². The first-order valence-corrected chi connectivity index (χ1v) is 9.95. The molecule has 0 aliphatic heterocycles. The second-order valence-corrected chi connectivity index (χ2v) is 7.90. The van der Waals surface area contributed by atoms with Crippen LogP contribution in [0.4, 0.5) is 0 Å². The molecule has 2 N–H and O–H groups in total. The second kappa shape index (κ2) is 11.7. The van der Waals surface area contributed by atoms with Crippen LogP contribution in [0.3, 0.4) is 0 Å². The highest BCUT2D eigenvalue weighted by atomic mass is 127. The summed E-state index contributed by atoms with van der Waals surface area (Å²) in [7, 11) is 1.74. The number of hydrogen-bond donors (Lipinski definition) is 2. The van der Waals surface area contributed by atoms with E-state index in [1.807, 2.05) is 42.5 Å². The lowest BCUT2D eigenvalue weighted by Crippen LogP contribution is -2.36. The lowest BCUT2D eigenvalue weighted by Gasteiger charge is -2.13. The second-order valence-electron chi connectivity index (χ2n) is 7.90. The summed E-state index contributed by atoms with van der Waals surface area (Å²) in [6, 6.07) is 13.7. The Kier molecular flexibility index (Phi) is 9.29. The fourth-order valence-electron chi connectivity index (χ4n) is 2.65. The maximum atomic E-state index is 5.80. The van der Waals surface area contributed by atoms with Crippen LogP contribution in [-0.2, 0) is 25.1 Å². The number of nitrogens with zero attached hydrogens (tertiary/aromatic N) is 3. The molecule has 0 saturated heterocycles. The molecule has 3 aromatic rings. The molecule has 0 spiro atoms. The van der Waals surface area contributed by atoms with E-state index in [1.165, 1.54) is 0 Å². The number of aliphatic imine (C=N–C) groups is 1. The summed E-state index contributed by atoms with van der Waals surface area (Å²) >= 11 is 0. The molecule has 0 radical (unpaired) electrons. The number of pyridine rings is 1. The molecular formula is C23H30IN5O2. The van der Waals surface area contributed by atoms with Crippen LogP contribution in [0.1, 0.15) is 43.7 Å².